The van der Waals surface area contributed by atoms with Gasteiger partial charge < -0.3 is 14.6 Å². The molecule has 1 aromatic heterocycles. The topological polar surface area (TPSA) is 26.2 Å². The van der Waals surface area contributed by atoms with E-state index in [1.807, 2.05) is 6.92 Å². The summed E-state index contributed by atoms with van der Waals surface area (Å²) in [5.74, 6) is 0. The van der Waals surface area contributed by atoms with E-state index in [9.17, 15) is 0 Å². The van der Waals surface area contributed by atoms with Gasteiger partial charge in [0.05, 0.1) is 5.52 Å². The molecule has 1 aromatic carbocycles. The number of hydrogen-bond donors (Lipinski definition) is 1. The molecule has 0 aliphatic carbocycles. The van der Waals surface area contributed by atoms with Crippen LogP contribution >= 0.6 is 0 Å². The predicted octanol–water partition coefficient (Wildman–Crippen LogP) is 3.01. The van der Waals surface area contributed by atoms with Crippen molar-refractivity contribution in [3.05, 3.63) is 42.1 Å². The van der Waals surface area contributed by atoms with Crippen molar-refractivity contribution in [2.45, 2.75) is 20.1 Å². The molecule has 0 radical (unpaired) electrons. The van der Waals surface area contributed by atoms with Gasteiger partial charge in [0.25, 0.3) is 0 Å². The lowest BCUT2D eigenvalue weighted by molar-refractivity contribution is 0.0909. The fourth-order valence-corrected chi connectivity index (χ4v) is 2.67. The highest BCUT2D eigenvalue weighted by Gasteiger charge is 2.13. The molecule has 19 heavy (non-hydrogen) atoms. The van der Waals surface area contributed by atoms with Crippen molar-refractivity contribution in [1.82, 2.24) is 9.88 Å². The largest absolute Gasteiger partial charge is 0.361 e. The minimum absolute atomic E-state index is 0.628. The second-order valence-corrected chi connectivity index (χ2v) is 4.84. The highest BCUT2D eigenvalue weighted by atomic mass is 16.5. The number of para-hydroxylation sites is 1. The van der Waals surface area contributed by atoms with Crippen LogP contribution in [0.1, 0.15) is 18.9 Å². The lowest BCUT2D eigenvalue weighted by Crippen LogP contribution is -2.19. The molecule has 2 aromatic rings. The molecule has 0 bridgehead atoms. The normalized spacial score (nSPS) is 15.7. The summed E-state index contributed by atoms with van der Waals surface area (Å²) in [6.07, 6.45) is 5.64. The third kappa shape index (κ3) is 2.44. The van der Waals surface area contributed by atoms with E-state index in [4.69, 9.17) is 4.74 Å². The van der Waals surface area contributed by atoms with Crippen molar-refractivity contribution in [2.75, 3.05) is 19.7 Å². The summed E-state index contributed by atoms with van der Waals surface area (Å²) in [6, 6.07) is 8.57. The van der Waals surface area contributed by atoms with Crippen LogP contribution in [0.15, 0.2) is 36.5 Å². The van der Waals surface area contributed by atoms with E-state index in [1.54, 1.807) is 0 Å². The van der Waals surface area contributed by atoms with Crippen LogP contribution in [0.5, 0.6) is 0 Å². The first-order valence-electron chi connectivity index (χ1n) is 6.96. The summed E-state index contributed by atoms with van der Waals surface area (Å²) in [4.78, 5) is 0. The van der Waals surface area contributed by atoms with Gasteiger partial charge in [0.1, 0.15) is 6.73 Å². The fourth-order valence-electron chi connectivity index (χ4n) is 2.67. The zero-order valence-electron chi connectivity index (χ0n) is 11.4. The van der Waals surface area contributed by atoms with Gasteiger partial charge in [0.15, 0.2) is 0 Å². The van der Waals surface area contributed by atoms with Gasteiger partial charge in [-0.15, -0.1) is 0 Å². The lowest BCUT2D eigenvalue weighted by Gasteiger charge is -2.13. The molecule has 3 nitrogen and oxygen atoms in total. The van der Waals surface area contributed by atoms with Crippen molar-refractivity contribution in [2.24, 2.45) is 0 Å². The Labute approximate surface area is 113 Å². The van der Waals surface area contributed by atoms with Gasteiger partial charge in [-0.3, -0.25) is 0 Å². The summed E-state index contributed by atoms with van der Waals surface area (Å²) in [7, 11) is 0. The van der Waals surface area contributed by atoms with Crippen LogP contribution in [0, 0.1) is 0 Å². The van der Waals surface area contributed by atoms with Crippen LogP contribution < -0.4 is 5.32 Å². The van der Waals surface area contributed by atoms with Crippen molar-refractivity contribution in [1.29, 1.82) is 0 Å². The molecule has 0 saturated heterocycles. The van der Waals surface area contributed by atoms with E-state index in [0.29, 0.717) is 6.73 Å². The summed E-state index contributed by atoms with van der Waals surface area (Å²) in [5.41, 5.74) is 4.06. The zero-order valence-corrected chi connectivity index (χ0v) is 11.4. The fraction of sp³-hybridized carbons (Fsp3) is 0.375. The van der Waals surface area contributed by atoms with Crippen LogP contribution in [0.2, 0.25) is 0 Å². The number of nitrogens with zero attached hydrogens (tertiary/aromatic N) is 1. The molecule has 0 saturated carbocycles. The van der Waals surface area contributed by atoms with Gasteiger partial charge in [-0.25, -0.2) is 0 Å². The number of benzene rings is 1. The third-order valence-corrected chi connectivity index (χ3v) is 3.63. The summed E-state index contributed by atoms with van der Waals surface area (Å²) >= 11 is 0. The number of aromatic nitrogens is 1. The molecule has 0 atom stereocenters. The summed E-state index contributed by atoms with van der Waals surface area (Å²) in [5, 5.41) is 4.69. The molecule has 0 amide bonds. The first-order valence-corrected chi connectivity index (χ1v) is 6.96. The van der Waals surface area contributed by atoms with Crippen LogP contribution in [-0.2, 0) is 11.5 Å². The summed E-state index contributed by atoms with van der Waals surface area (Å²) in [6.45, 7) is 5.44. The van der Waals surface area contributed by atoms with E-state index in [-0.39, 0.29) is 0 Å². The average Bonchev–Trinajstić information content (AvgIpc) is 2.85. The van der Waals surface area contributed by atoms with Crippen molar-refractivity contribution in [3.8, 4) is 0 Å². The van der Waals surface area contributed by atoms with E-state index in [2.05, 4.69) is 46.4 Å². The quantitative estimate of drug-likeness (QED) is 0.910. The summed E-state index contributed by atoms with van der Waals surface area (Å²) < 4.78 is 7.76. The minimum Gasteiger partial charge on any atom is -0.361 e. The number of nitrogens with one attached hydrogen (secondary N) is 1. The van der Waals surface area contributed by atoms with E-state index in [0.717, 1.165) is 26.1 Å². The molecule has 1 N–H and O–H groups in total. The molecule has 0 fully saturated rings. The molecular formula is C16H20N2O. The third-order valence-electron chi connectivity index (χ3n) is 3.63. The second-order valence-electron chi connectivity index (χ2n) is 4.84. The number of ether oxygens (including phenoxy) is 1. The molecule has 1 aliphatic rings. The maximum absolute atomic E-state index is 5.56. The minimum atomic E-state index is 0.628. The molecule has 3 heteroatoms. The van der Waals surface area contributed by atoms with E-state index in [1.165, 1.54) is 22.0 Å². The van der Waals surface area contributed by atoms with Crippen molar-refractivity contribution in [3.63, 3.8) is 0 Å². The first-order chi connectivity index (χ1) is 9.40. The average molecular weight is 256 g/mol. The number of rotatable bonds is 4. The Morgan fingerprint density at radius 1 is 1.32 bits per heavy atom. The van der Waals surface area contributed by atoms with E-state index >= 15 is 0 Å². The SMILES string of the molecule is CCOCn1cc(C2=CCNCC2)c2ccccc21. The van der Waals surface area contributed by atoms with Crippen LogP contribution in [0.3, 0.4) is 0 Å². The maximum Gasteiger partial charge on any atom is 0.122 e. The van der Waals surface area contributed by atoms with Gasteiger partial charge >= 0.3 is 0 Å². The van der Waals surface area contributed by atoms with Gasteiger partial charge in [-0.2, -0.15) is 0 Å². The van der Waals surface area contributed by atoms with Crippen LogP contribution in [0.25, 0.3) is 16.5 Å². The standard InChI is InChI=1S/C16H20N2O/c1-2-19-12-18-11-15(13-7-9-17-10-8-13)14-5-3-4-6-16(14)18/h3-7,11,17H,2,8-10,12H2,1H3. The highest BCUT2D eigenvalue weighted by molar-refractivity contribution is 5.93. The molecule has 3 rings (SSSR count). The lowest BCUT2D eigenvalue weighted by atomic mass is 10.00. The van der Waals surface area contributed by atoms with Gasteiger partial charge in [0.2, 0.25) is 0 Å². The number of fused-ring (bicyclic) bond motifs is 1. The molecule has 1 aliphatic heterocycles. The van der Waals surface area contributed by atoms with Crippen molar-refractivity contribution >= 4 is 16.5 Å². The predicted molar refractivity (Wildman–Crippen MR) is 79.0 cm³/mol. The monoisotopic (exact) mass is 256 g/mol. The zero-order chi connectivity index (χ0) is 13.1. The Bertz CT molecular complexity index is 598. The molecule has 0 unspecified atom stereocenters. The molecule has 100 valence electrons. The van der Waals surface area contributed by atoms with Crippen LogP contribution in [0.4, 0.5) is 0 Å². The Hall–Kier alpha value is -1.58. The van der Waals surface area contributed by atoms with Gasteiger partial charge in [-0.05, 0) is 31.5 Å². The van der Waals surface area contributed by atoms with E-state index < -0.39 is 0 Å². The second kappa shape index (κ2) is 5.59. The van der Waals surface area contributed by atoms with Crippen molar-refractivity contribution < 1.29 is 4.74 Å². The molecule has 2 heterocycles. The molecular weight excluding hydrogens is 236 g/mol. The number of hydrogen-bond acceptors (Lipinski definition) is 2. The maximum atomic E-state index is 5.56. The Morgan fingerprint density at radius 3 is 3.00 bits per heavy atom. The Kier molecular flexibility index (Phi) is 3.67. The van der Waals surface area contributed by atoms with Gasteiger partial charge in [-0.1, -0.05) is 24.3 Å². The van der Waals surface area contributed by atoms with Crippen LogP contribution in [-0.4, -0.2) is 24.3 Å². The van der Waals surface area contributed by atoms with Gasteiger partial charge in [0, 0.05) is 30.3 Å². The first kappa shape index (κ1) is 12.5. The Morgan fingerprint density at radius 2 is 2.21 bits per heavy atom. The smallest absolute Gasteiger partial charge is 0.122 e. The highest BCUT2D eigenvalue weighted by Crippen LogP contribution is 2.29. The molecule has 0 spiro atoms. The Balaban J connectivity index is 2.06.